The Bertz CT molecular complexity index is 992. The van der Waals surface area contributed by atoms with Crippen LogP contribution in [0.1, 0.15) is 30.2 Å². The van der Waals surface area contributed by atoms with Gasteiger partial charge in [-0.05, 0) is 50.3 Å². The molecule has 0 bridgehead atoms. The summed E-state index contributed by atoms with van der Waals surface area (Å²) in [5.41, 5.74) is 1.18. The number of amides is 1. The molecule has 2 N–H and O–H groups in total. The molecule has 0 aromatic carbocycles. The first-order valence-corrected chi connectivity index (χ1v) is 11.9. The quantitative estimate of drug-likeness (QED) is 0.650. The molecule has 0 saturated carbocycles. The van der Waals surface area contributed by atoms with E-state index >= 15 is 0 Å². The predicted octanol–water partition coefficient (Wildman–Crippen LogP) is 2.85. The molecule has 170 valence electrons. The number of nitrogens with zero attached hydrogens (tertiary/aromatic N) is 4. The smallest absolute Gasteiger partial charge is 0.298 e. The minimum absolute atomic E-state index is 0.102. The van der Waals surface area contributed by atoms with Gasteiger partial charge in [0.1, 0.15) is 11.6 Å². The molecule has 0 unspecified atom stereocenters. The highest BCUT2D eigenvalue weighted by Crippen LogP contribution is 2.25. The number of likely N-dealkylation sites (tertiary alicyclic amines) is 1. The Morgan fingerprint density at radius 3 is 2.84 bits per heavy atom. The van der Waals surface area contributed by atoms with E-state index in [-0.39, 0.29) is 11.9 Å². The minimum Gasteiger partial charge on any atom is -0.379 e. The van der Waals surface area contributed by atoms with Crippen LogP contribution >= 0.6 is 11.3 Å². The van der Waals surface area contributed by atoms with Crippen molar-refractivity contribution in [1.82, 2.24) is 19.8 Å². The summed E-state index contributed by atoms with van der Waals surface area (Å²) in [7, 11) is 0. The molecule has 0 spiro atoms. The van der Waals surface area contributed by atoms with Crippen molar-refractivity contribution in [3.05, 3.63) is 28.8 Å². The first kappa shape index (κ1) is 22.5. The van der Waals surface area contributed by atoms with Crippen LogP contribution in [-0.4, -0.2) is 71.1 Å². The summed E-state index contributed by atoms with van der Waals surface area (Å²) >= 11 is 1.61. The fourth-order valence-corrected chi connectivity index (χ4v) is 4.70. The zero-order chi connectivity index (χ0) is 22.3. The number of anilines is 3. The topological polar surface area (TPSA) is 82.6 Å². The van der Waals surface area contributed by atoms with Crippen molar-refractivity contribution in [2.24, 2.45) is 0 Å². The Kier molecular flexibility index (Phi) is 7.58. The minimum atomic E-state index is -0.102. The van der Waals surface area contributed by atoms with Gasteiger partial charge in [-0.25, -0.2) is 9.97 Å². The molecule has 2 aliphatic heterocycles. The predicted molar refractivity (Wildman–Crippen MR) is 127 cm³/mol. The molecule has 9 heteroatoms. The molecule has 0 radical (unpaired) electrons. The Morgan fingerprint density at radius 2 is 2.09 bits per heavy atom. The molecule has 2 saturated heterocycles. The van der Waals surface area contributed by atoms with Crippen molar-refractivity contribution in [2.75, 3.05) is 50.0 Å². The number of piperidine rings is 1. The summed E-state index contributed by atoms with van der Waals surface area (Å²) in [6.45, 7) is 9.36. The number of hydrogen-bond acceptors (Lipinski definition) is 8. The monoisotopic (exact) mass is 454 g/mol. The first-order valence-electron chi connectivity index (χ1n) is 11.1. The third kappa shape index (κ3) is 6.19. The summed E-state index contributed by atoms with van der Waals surface area (Å²) in [6, 6.07) is 4.35. The van der Waals surface area contributed by atoms with Crippen molar-refractivity contribution in [3.8, 4) is 11.8 Å². The maximum Gasteiger partial charge on any atom is 0.298 e. The summed E-state index contributed by atoms with van der Waals surface area (Å²) in [6.07, 6.45) is 3.80. The fourth-order valence-electron chi connectivity index (χ4n) is 4.03. The fraction of sp³-hybridized carbons (Fsp3) is 0.522. The van der Waals surface area contributed by atoms with E-state index in [9.17, 15) is 4.79 Å². The molecule has 4 heterocycles. The second-order valence-corrected chi connectivity index (χ2v) is 9.38. The van der Waals surface area contributed by atoms with Gasteiger partial charge in [0.05, 0.1) is 13.2 Å². The van der Waals surface area contributed by atoms with Crippen LogP contribution in [0.5, 0.6) is 0 Å². The van der Waals surface area contributed by atoms with Crippen molar-refractivity contribution < 1.29 is 9.53 Å². The average Bonchev–Trinajstić information content (AvgIpc) is 3.19. The number of pyridine rings is 1. The molecule has 32 heavy (non-hydrogen) atoms. The lowest BCUT2D eigenvalue weighted by molar-refractivity contribution is -0.126. The third-order valence-corrected chi connectivity index (χ3v) is 6.37. The maximum atomic E-state index is 12.2. The SMILES string of the molecule is CC#CC(=O)N1CCC[C@H](Nc2cc(CN3CCOCC3)cc(Nc3ncc(C)s3)n2)C1. The second-order valence-electron chi connectivity index (χ2n) is 8.15. The lowest BCUT2D eigenvalue weighted by Gasteiger charge is -2.32. The Hall–Kier alpha value is -2.67. The molecule has 2 aromatic heterocycles. The lowest BCUT2D eigenvalue weighted by Crippen LogP contribution is -2.44. The maximum absolute atomic E-state index is 12.2. The van der Waals surface area contributed by atoms with Gasteiger partial charge in [-0.3, -0.25) is 9.69 Å². The number of aromatic nitrogens is 2. The van der Waals surface area contributed by atoms with Gasteiger partial charge in [-0.15, -0.1) is 11.3 Å². The van der Waals surface area contributed by atoms with Crippen LogP contribution in [0.2, 0.25) is 0 Å². The number of rotatable bonds is 6. The summed E-state index contributed by atoms with van der Waals surface area (Å²) in [5.74, 6) is 6.84. The normalized spacial score (nSPS) is 19.2. The molecule has 1 atom stereocenters. The number of ether oxygens (including phenoxy) is 1. The van der Waals surface area contributed by atoms with Crippen LogP contribution in [0.15, 0.2) is 18.3 Å². The van der Waals surface area contributed by atoms with Gasteiger partial charge in [-0.1, -0.05) is 5.92 Å². The highest BCUT2D eigenvalue weighted by molar-refractivity contribution is 7.15. The molecule has 1 amide bonds. The van der Waals surface area contributed by atoms with Crippen LogP contribution < -0.4 is 10.6 Å². The van der Waals surface area contributed by atoms with Crippen LogP contribution in [0.3, 0.4) is 0 Å². The molecule has 0 aliphatic carbocycles. The summed E-state index contributed by atoms with van der Waals surface area (Å²) < 4.78 is 5.49. The van der Waals surface area contributed by atoms with Gasteiger partial charge < -0.3 is 20.3 Å². The van der Waals surface area contributed by atoms with E-state index in [1.165, 1.54) is 5.56 Å². The third-order valence-electron chi connectivity index (χ3n) is 5.54. The zero-order valence-corrected chi connectivity index (χ0v) is 19.5. The number of carbonyl (C=O) groups is 1. The van der Waals surface area contributed by atoms with E-state index in [0.717, 1.165) is 73.9 Å². The number of carbonyl (C=O) groups excluding carboxylic acids is 1. The molecule has 2 fully saturated rings. The van der Waals surface area contributed by atoms with Crippen LogP contribution in [0.4, 0.5) is 16.8 Å². The highest BCUT2D eigenvalue weighted by Gasteiger charge is 2.23. The largest absolute Gasteiger partial charge is 0.379 e. The Labute approximate surface area is 193 Å². The van der Waals surface area contributed by atoms with Gasteiger partial charge in [0, 0.05) is 49.8 Å². The lowest BCUT2D eigenvalue weighted by atomic mass is 10.1. The number of hydrogen-bond donors (Lipinski definition) is 2. The summed E-state index contributed by atoms with van der Waals surface area (Å²) in [4.78, 5) is 26.8. The van der Waals surface area contributed by atoms with Gasteiger partial charge in [-0.2, -0.15) is 0 Å². The average molecular weight is 455 g/mol. The van der Waals surface area contributed by atoms with Gasteiger partial charge >= 0.3 is 0 Å². The first-order chi connectivity index (χ1) is 15.6. The van der Waals surface area contributed by atoms with E-state index in [0.29, 0.717) is 6.54 Å². The van der Waals surface area contributed by atoms with Crippen molar-refractivity contribution in [3.63, 3.8) is 0 Å². The van der Waals surface area contributed by atoms with Crippen molar-refractivity contribution in [2.45, 2.75) is 39.3 Å². The van der Waals surface area contributed by atoms with Crippen LogP contribution in [0.25, 0.3) is 0 Å². The van der Waals surface area contributed by atoms with Gasteiger partial charge in [0.25, 0.3) is 5.91 Å². The number of morpholine rings is 1. The van der Waals surface area contributed by atoms with Gasteiger partial charge in [0.2, 0.25) is 0 Å². The number of thiazole rings is 1. The van der Waals surface area contributed by atoms with Crippen molar-refractivity contribution in [1.29, 1.82) is 0 Å². The molecule has 8 nitrogen and oxygen atoms in total. The van der Waals surface area contributed by atoms with E-state index in [1.54, 1.807) is 18.3 Å². The molecule has 2 aliphatic rings. The second kappa shape index (κ2) is 10.8. The number of nitrogens with one attached hydrogen (secondary N) is 2. The van der Waals surface area contributed by atoms with E-state index in [4.69, 9.17) is 9.72 Å². The van der Waals surface area contributed by atoms with Gasteiger partial charge in [0.15, 0.2) is 5.13 Å². The zero-order valence-electron chi connectivity index (χ0n) is 18.7. The highest BCUT2D eigenvalue weighted by atomic mass is 32.1. The van der Waals surface area contributed by atoms with E-state index in [1.807, 2.05) is 18.0 Å². The van der Waals surface area contributed by atoms with E-state index < -0.39 is 0 Å². The molecule has 4 rings (SSSR count). The Morgan fingerprint density at radius 1 is 1.28 bits per heavy atom. The number of aryl methyl sites for hydroxylation is 1. The summed E-state index contributed by atoms with van der Waals surface area (Å²) in [5, 5.41) is 7.75. The molecular weight excluding hydrogens is 424 g/mol. The standard InChI is InChI=1S/C23H30N6O2S/c1-3-5-22(30)29-7-4-6-19(16-29)25-20-12-18(15-28-8-10-31-11-9-28)13-21(26-20)27-23-24-14-17(2)32-23/h12-14,19H,4,6-11,15-16H2,1-2H3,(H2,24,25,26,27)/t19-/m0/s1. The molecule has 2 aromatic rings. The van der Waals surface area contributed by atoms with Crippen LogP contribution in [0, 0.1) is 18.8 Å². The molecular formula is C23H30N6O2S. The van der Waals surface area contributed by atoms with Crippen molar-refractivity contribution >= 4 is 34.0 Å². The Balaban J connectivity index is 1.51. The van der Waals surface area contributed by atoms with E-state index in [2.05, 4.69) is 44.5 Å². The van der Waals surface area contributed by atoms with Crippen LogP contribution in [-0.2, 0) is 16.1 Å².